The third-order valence-corrected chi connectivity index (χ3v) is 5.50. The first-order valence-corrected chi connectivity index (χ1v) is 9.94. The van der Waals surface area contributed by atoms with Gasteiger partial charge in [-0.25, -0.2) is 18.3 Å². The van der Waals surface area contributed by atoms with Crippen molar-refractivity contribution in [3.63, 3.8) is 0 Å². The number of cyclic esters (lactones) is 1. The number of benzene rings is 2. The van der Waals surface area contributed by atoms with Gasteiger partial charge in [0.2, 0.25) is 0 Å². The number of halogens is 2. The van der Waals surface area contributed by atoms with Gasteiger partial charge in [-0.2, -0.15) is 5.10 Å². The van der Waals surface area contributed by atoms with Gasteiger partial charge in [-0.1, -0.05) is 12.1 Å². The van der Waals surface area contributed by atoms with Crippen LogP contribution in [-0.4, -0.2) is 34.9 Å². The molecule has 5 rings (SSSR count). The van der Waals surface area contributed by atoms with Crippen LogP contribution >= 0.6 is 0 Å². The van der Waals surface area contributed by atoms with Crippen LogP contribution in [0.4, 0.5) is 25.0 Å². The zero-order valence-electron chi connectivity index (χ0n) is 16.4. The van der Waals surface area contributed by atoms with Crippen molar-refractivity contribution >= 4 is 23.4 Å². The fraction of sp³-hybridized carbons (Fsp3) is 0.227. The van der Waals surface area contributed by atoms with E-state index in [-0.39, 0.29) is 12.3 Å². The van der Waals surface area contributed by atoms with E-state index in [0.29, 0.717) is 36.4 Å². The molecule has 7 nitrogen and oxygen atoms in total. The van der Waals surface area contributed by atoms with Gasteiger partial charge >= 0.3 is 6.09 Å². The van der Waals surface area contributed by atoms with Gasteiger partial charge in [0.25, 0.3) is 5.91 Å². The minimum atomic E-state index is -0.975. The summed E-state index contributed by atoms with van der Waals surface area (Å²) in [5, 5.41) is 7.26. The Morgan fingerprint density at radius 1 is 1.10 bits per heavy atom. The molecule has 3 aromatic rings. The van der Waals surface area contributed by atoms with E-state index in [0.717, 1.165) is 29.8 Å². The molecule has 2 aromatic carbocycles. The maximum atomic E-state index is 13.8. The second-order valence-corrected chi connectivity index (χ2v) is 7.37. The fourth-order valence-electron chi connectivity index (χ4n) is 4.06. The molecule has 31 heavy (non-hydrogen) atoms. The number of ether oxygens (including phenoxy) is 1. The van der Waals surface area contributed by atoms with Crippen LogP contribution in [0, 0.1) is 11.6 Å². The van der Waals surface area contributed by atoms with E-state index >= 15 is 0 Å². The highest BCUT2D eigenvalue weighted by Gasteiger charge is 2.29. The lowest BCUT2D eigenvalue weighted by molar-refractivity contribution is 0.102. The Hall–Kier alpha value is -3.75. The molecule has 2 amide bonds. The van der Waals surface area contributed by atoms with Gasteiger partial charge in [0.1, 0.15) is 6.61 Å². The molecule has 9 heteroatoms. The van der Waals surface area contributed by atoms with Crippen molar-refractivity contribution in [2.45, 2.75) is 19.3 Å². The number of para-hydroxylation sites is 2. The number of rotatable bonds is 4. The molecular formula is C22H18F2N4O3. The lowest BCUT2D eigenvalue weighted by atomic mass is 10.1. The lowest BCUT2D eigenvalue weighted by Crippen LogP contribution is -2.25. The van der Waals surface area contributed by atoms with Crippen LogP contribution in [0.3, 0.4) is 0 Å². The van der Waals surface area contributed by atoms with Crippen molar-refractivity contribution in [2.24, 2.45) is 0 Å². The molecule has 0 bridgehead atoms. The highest BCUT2D eigenvalue weighted by Crippen LogP contribution is 2.31. The summed E-state index contributed by atoms with van der Waals surface area (Å²) < 4.78 is 33.6. The highest BCUT2D eigenvalue weighted by molar-refractivity contribution is 6.07. The van der Waals surface area contributed by atoms with E-state index in [2.05, 4.69) is 10.4 Å². The number of anilines is 2. The van der Waals surface area contributed by atoms with Gasteiger partial charge in [0.05, 0.1) is 23.6 Å². The van der Waals surface area contributed by atoms with Crippen molar-refractivity contribution < 1.29 is 23.1 Å². The molecule has 0 unspecified atom stereocenters. The SMILES string of the molecule is O=C(Nc1ccccc1N1CCOC1=O)c1nn(-c2ccc(F)c(F)c2)c2c1CCC2. The number of fused-ring (bicyclic) bond motifs is 1. The van der Waals surface area contributed by atoms with Gasteiger partial charge in [-0.15, -0.1) is 0 Å². The zero-order chi connectivity index (χ0) is 21.5. The van der Waals surface area contributed by atoms with Crippen LogP contribution in [0.1, 0.15) is 28.2 Å². The van der Waals surface area contributed by atoms with E-state index in [9.17, 15) is 18.4 Å². The quantitative estimate of drug-likeness (QED) is 0.690. The van der Waals surface area contributed by atoms with E-state index in [1.165, 1.54) is 15.6 Å². The fourth-order valence-corrected chi connectivity index (χ4v) is 4.06. The van der Waals surface area contributed by atoms with Gasteiger partial charge in [0, 0.05) is 17.3 Å². The molecule has 0 saturated carbocycles. The highest BCUT2D eigenvalue weighted by atomic mass is 19.2. The van der Waals surface area contributed by atoms with Crippen molar-refractivity contribution in [3.8, 4) is 5.69 Å². The third-order valence-electron chi connectivity index (χ3n) is 5.50. The van der Waals surface area contributed by atoms with E-state index in [1.54, 1.807) is 24.3 Å². The Morgan fingerprint density at radius 2 is 1.94 bits per heavy atom. The number of nitrogens with one attached hydrogen (secondary N) is 1. The average Bonchev–Trinajstić information content (AvgIpc) is 3.47. The number of carbonyl (C=O) groups is 2. The molecule has 1 fully saturated rings. The first kappa shape index (κ1) is 19.2. The minimum Gasteiger partial charge on any atom is -0.447 e. The third kappa shape index (κ3) is 3.31. The van der Waals surface area contributed by atoms with Crippen molar-refractivity contribution in [3.05, 3.63) is 71.1 Å². The predicted molar refractivity (Wildman–Crippen MR) is 109 cm³/mol. The average molecular weight is 424 g/mol. The van der Waals surface area contributed by atoms with Crippen LogP contribution in [0.15, 0.2) is 42.5 Å². The Labute approximate surface area is 176 Å². The summed E-state index contributed by atoms with van der Waals surface area (Å²) in [4.78, 5) is 26.6. The van der Waals surface area contributed by atoms with Gasteiger partial charge < -0.3 is 10.1 Å². The van der Waals surface area contributed by atoms with E-state index in [1.807, 2.05) is 0 Å². The molecule has 0 radical (unpaired) electrons. The largest absolute Gasteiger partial charge is 0.447 e. The molecule has 2 heterocycles. The monoisotopic (exact) mass is 424 g/mol. The van der Waals surface area contributed by atoms with Crippen LogP contribution in [0.5, 0.6) is 0 Å². The predicted octanol–water partition coefficient (Wildman–Crippen LogP) is 3.85. The molecule has 158 valence electrons. The summed E-state index contributed by atoms with van der Waals surface area (Å²) in [5.74, 6) is -2.35. The lowest BCUT2D eigenvalue weighted by Gasteiger charge is -2.17. The summed E-state index contributed by atoms with van der Waals surface area (Å²) in [6.45, 7) is 0.680. The normalized spacial score (nSPS) is 15.2. The Morgan fingerprint density at radius 3 is 2.71 bits per heavy atom. The summed E-state index contributed by atoms with van der Waals surface area (Å²) in [6.07, 6.45) is 1.73. The Balaban J connectivity index is 1.49. The molecular weight excluding hydrogens is 406 g/mol. The molecule has 0 atom stereocenters. The van der Waals surface area contributed by atoms with Crippen LogP contribution < -0.4 is 10.2 Å². The van der Waals surface area contributed by atoms with Crippen molar-refractivity contribution in [1.82, 2.24) is 9.78 Å². The van der Waals surface area contributed by atoms with Crippen molar-refractivity contribution in [1.29, 1.82) is 0 Å². The molecule has 1 aliphatic heterocycles. The summed E-state index contributed by atoms with van der Waals surface area (Å²) in [6, 6.07) is 10.5. The maximum Gasteiger partial charge on any atom is 0.414 e. The van der Waals surface area contributed by atoms with Crippen LogP contribution in [0.25, 0.3) is 5.69 Å². The minimum absolute atomic E-state index is 0.232. The molecule has 1 N–H and O–H groups in total. The van der Waals surface area contributed by atoms with Crippen molar-refractivity contribution in [2.75, 3.05) is 23.4 Å². The molecule has 1 aromatic heterocycles. The topological polar surface area (TPSA) is 76.5 Å². The number of amides is 2. The number of hydrogen-bond acceptors (Lipinski definition) is 4. The molecule has 1 saturated heterocycles. The van der Waals surface area contributed by atoms with E-state index < -0.39 is 23.6 Å². The summed E-state index contributed by atoms with van der Waals surface area (Å²) >= 11 is 0. The second kappa shape index (κ2) is 7.50. The standard InChI is InChI=1S/C22H18F2N4O3/c23-15-9-8-13(12-16(15)24)28-18-7-3-4-14(18)20(26-28)21(29)25-17-5-1-2-6-19(17)27-10-11-31-22(27)30/h1-2,5-6,8-9,12H,3-4,7,10-11H2,(H,25,29). The molecule has 2 aliphatic rings. The molecule has 0 spiro atoms. The smallest absolute Gasteiger partial charge is 0.414 e. The Bertz CT molecular complexity index is 1210. The number of hydrogen-bond donors (Lipinski definition) is 1. The Kier molecular flexibility index (Phi) is 4.65. The second-order valence-electron chi connectivity index (χ2n) is 7.37. The number of nitrogens with zero attached hydrogens (tertiary/aromatic N) is 3. The van der Waals surface area contributed by atoms with Gasteiger partial charge in [-0.05, 0) is 43.5 Å². The first-order chi connectivity index (χ1) is 15.0. The summed E-state index contributed by atoms with van der Waals surface area (Å²) in [7, 11) is 0. The first-order valence-electron chi connectivity index (χ1n) is 9.94. The van der Waals surface area contributed by atoms with Crippen LogP contribution in [0.2, 0.25) is 0 Å². The van der Waals surface area contributed by atoms with Gasteiger partial charge in [-0.3, -0.25) is 9.69 Å². The van der Waals surface area contributed by atoms with E-state index in [4.69, 9.17) is 4.74 Å². The zero-order valence-corrected chi connectivity index (χ0v) is 16.4. The number of carbonyl (C=O) groups excluding carboxylic acids is 2. The van der Waals surface area contributed by atoms with Gasteiger partial charge in [0.15, 0.2) is 17.3 Å². The summed E-state index contributed by atoms with van der Waals surface area (Å²) in [5.41, 5.74) is 3.19. The maximum absolute atomic E-state index is 13.8. The number of aromatic nitrogens is 2. The molecule has 1 aliphatic carbocycles. The van der Waals surface area contributed by atoms with Crippen LogP contribution in [-0.2, 0) is 17.6 Å².